The second kappa shape index (κ2) is 6.23. The summed E-state index contributed by atoms with van der Waals surface area (Å²) in [4.78, 5) is 21.7. The van der Waals surface area contributed by atoms with Gasteiger partial charge >= 0.3 is 0 Å². The first-order chi connectivity index (χ1) is 12.4. The average molecular weight is 357 g/mol. The molecular formula is C19H27N5O2. The van der Waals surface area contributed by atoms with Crippen molar-refractivity contribution < 1.29 is 9.53 Å². The molecule has 7 heteroatoms. The number of piperidine rings is 2. The molecule has 1 spiro atoms. The quantitative estimate of drug-likeness (QED) is 0.820. The predicted octanol–water partition coefficient (Wildman–Crippen LogP) is 1.81. The van der Waals surface area contributed by atoms with Gasteiger partial charge in [-0.1, -0.05) is 0 Å². The van der Waals surface area contributed by atoms with Crippen LogP contribution in [0.4, 0.5) is 5.82 Å². The molecule has 1 atom stereocenters. The molecule has 1 amide bonds. The highest BCUT2D eigenvalue weighted by Crippen LogP contribution is 2.42. The fourth-order valence-electron chi connectivity index (χ4n) is 4.60. The van der Waals surface area contributed by atoms with E-state index in [1.165, 1.54) is 0 Å². The zero-order chi connectivity index (χ0) is 18.5. The topological polar surface area (TPSA) is 63.0 Å². The third-order valence-electron chi connectivity index (χ3n) is 6.23. The van der Waals surface area contributed by atoms with Gasteiger partial charge in [0.25, 0.3) is 0 Å². The summed E-state index contributed by atoms with van der Waals surface area (Å²) in [5, 5.41) is 4.47. The van der Waals surface area contributed by atoms with Crippen LogP contribution in [0, 0.1) is 19.3 Å². The number of likely N-dealkylation sites (N-methyl/N-ethyl adjacent to an activating group) is 1. The van der Waals surface area contributed by atoms with Crippen molar-refractivity contribution in [2.45, 2.75) is 39.2 Å². The van der Waals surface area contributed by atoms with Crippen molar-refractivity contribution in [1.29, 1.82) is 0 Å². The molecule has 140 valence electrons. The summed E-state index contributed by atoms with van der Waals surface area (Å²) in [5.74, 6) is 1.38. The monoisotopic (exact) mass is 357 g/mol. The molecule has 2 saturated heterocycles. The fraction of sp³-hybridized carbons (Fsp3) is 0.632. The lowest BCUT2D eigenvalue weighted by atomic mass is 9.71. The molecule has 26 heavy (non-hydrogen) atoms. The third kappa shape index (κ3) is 2.57. The Bertz CT molecular complexity index is 838. The zero-order valence-electron chi connectivity index (χ0n) is 16.0. The lowest BCUT2D eigenvalue weighted by molar-refractivity contribution is -0.153. The van der Waals surface area contributed by atoms with E-state index in [9.17, 15) is 4.79 Å². The highest BCUT2D eigenvalue weighted by Gasteiger charge is 2.48. The first-order valence-electron chi connectivity index (χ1n) is 9.29. The number of carbonyl (C=O) groups excluding carboxylic acids is 1. The maximum Gasteiger partial charge on any atom is 0.228 e. The van der Waals surface area contributed by atoms with Crippen molar-refractivity contribution in [3.63, 3.8) is 0 Å². The van der Waals surface area contributed by atoms with E-state index < -0.39 is 0 Å². The van der Waals surface area contributed by atoms with Gasteiger partial charge in [-0.05, 0) is 33.1 Å². The Morgan fingerprint density at radius 2 is 2.00 bits per heavy atom. The van der Waals surface area contributed by atoms with E-state index >= 15 is 0 Å². The summed E-state index contributed by atoms with van der Waals surface area (Å²) >= 11 is 0. The van der Waals surface area contributed by atoms with Gasteiger partial charge in [0.15, 0.2) is 5.65 Å². The molecule has 1 unspecified atom stereocenters. The van der Waals surface area contributed by atoms with E-state index in [4.69, 9.17) is 4.74 Å². The second-order valence-corrected chi connectivity index (χ2v) is 7.76. The summed E-state index contributed by atoms with van der Waals surface area (Å²) < 4.78 is 7.52. The van der Waals surface area contributed by atoms with Crippen LogP contribution in [0.5, 0.6) is 0 Å². The number of hydrogen-bond acceptors (Lipinski definition) is 5. The van der Waals surface area contributed by atoms with Crippen molar-refractivity contribution in [3.8, 4) is 0 Å². The number of nitrogens with zero attached hydrogens (tertiary/aromatic N) is 5. The Hall–Kier alpha value is -2.15. The molecule has 4 rings (SSSR count). The zero-order valence-corrected chi connectivity index (χ0v) is 16.0. The minimum atomic E-state index is -0.288. The van der Waals surface area contributed by atoms with Crippen molar-refractivity contribution in [1.82, 2.24) is 19.5 Å². The van der Waals surface area contributed by atoms with Crippen LogP contribution in [0.2, 0.25) is 0 Å². The van der Waals surface area contributed by atoms with E-state index in [-0.39, 0.29) is 17.4 Å². The van der Waals surface area contributed by atoms with Crippen LogP contribution in [-0.4, -0.2) is 65.3 Å². The molecule has 0 radical (unpaired) electrons. The molecule has 0 N–H and O–H groups in total. The SMILES string of the molecule is COC1CN(C)C(=O)C2(CCN(c3c(C)c(C)nc4ccnn34)CC2)C1. The Morgan fingerprint density at radius 1 is 1.27 bits per heavy atom. The Morgan fingerprint density at radius 3 is 2.69 bits per heavy atom. The minimum Gasteiger partial charge on any atom is -0.380 e. The second-order valence-electron chi connectivity index (χ2n) is 7.76. The van der Waals surface area contributed by atoms with E-state index in [1.807, 2.05) is 29.5 Å². The van der Waals surface area contributed by atoms with Gasteiger partial charge in [-0.3, -0.25) is 4.79 Å². The molecule has 0 bridgehead atoms. The number of hydrogen-bond donors (Lipinski definition) is 0. The van der Waals surface area contributed by atoms with Crippen LogP contribution in [-0.2, 0) is 9.53 Å². The van der Waals surface area contributed by atoms with E-state index in [1.54, 1.807) is 13.3 Å². The number of likely N-dealkylation sites (tertiary alicyclic amines) is 1. The van der Waals surface area contributed by atoms with Crippen molar-refractivity contribution in [2.75, 3.05) is 38.7 Å². The highest BCUT2D eigenvalue weighted by atomic mass is 16.5. The number of carbonyl (C=O) groups is 1. The van der Waals surface area contributed by atoms with Crippen LogP contribution >= 0.6 is 0 Å². The van der Waals surface area contributed by atoms with Crippen LogP contribution in [0.3, 0.4) is 0 Å². The molecule has 4 heterocycles. The average Bonchev–Trinajstić information content (AvgIpc) is 3.09. The predicted molar refractivity (Wildman–Crippen MR) is 99.4 cm³/mol. The van der Waals surface area contributed by atoms with Gasteiger partial charge in [0.1, 0.15) is 5.82 Å². The normalized spacial score (nSPS) is 23.2. The standard InChI is InChI=1S/C19H27N5O2/c1-13-14(2)21-16-5-8-20-24(16)17(13)23-9-6-19(7-10-23)11-15(26-4)12-22(3)18(19)25/h5,8,15H,6-7,9-12H2,1-4H3. The molecular weight excluding hydrogens is 330 g/mol. The van der Waals surface area contributed by atoms with Crippen molar-refractivity contribution in [3.05, 3.63) is 23.5 Å². The third-order valence-corrected chi connectivity index (χ3v) is 6.23. The van der Waals surface area contributed by atoms with Gasteiger partial charge in [0.05, 0.1) is 17.7 Å². The lowest BCUT2D eigenvalue weighted by Gasteiger charge is -2.48. The Labute approximate surface area is 153 Å². The van der Waals surface area contributed by atoms with Crippen LogP contribution in [0.25, 0.3) is 5.65 Å². The number of aryl methyl sites for hydroxylation is 1. The van der Waals surface area contributed by atoms with Gasteiger partial charge in [-0.25, -0.2) is 4.98 Å². The number of amides is 1. The largest absolute Gasteiger partial charge is 0.380 e. The number of fused-ring (bicyclic) bond motifs is 1. The number of rotatable bonds is 2. The number of anilines is 1. The maximum absolute atomic E-state index is 12.9. The molecule has 2 aromatic rings. The summed E-state index contributed by atoms with van der Waals surface area (Å²) in [6.45, 7) is 6.52. The fourth-order valence-corrected chi connectivity index (χ4v) is 4.60. The van der Waals surface area contributed by atoms with Gasteiger partial charge in [-0.15, -0.1) is 0 Å². The van der Waals surface area contributed by atoms with E-state index in [0.717, 1.165) is 55.1 Å². The number of ether oxygens (including phenoxy) is 1. The summed E-state index contributed by atoms with van der Waals surface area (Å²) in [6, 6.07) is 1.93. The first-order valence-corrected chi connectivity index (χ1v) is 9.29. The molecule has 2 aromatic heterocycles. The van der Waals surface area contributed by atoms with Crippen LogP contribution in [0.1, 0.15) is 30.5 Å². The van der Waals surface area contributed by atoms with Crippen molar-refractivity contribution in [2.24, 2.45) is 5.41 Å². The summed E-state index contributed by atoms with van der Waals surface area (Å²) in [5.41, 5.74) is 2.76. The van der Waals surface area contributed by atoms with Crippen LogP contribution < -0.4 is 4.90 Å². The van der Waals surface area contributed by atoms with Gasteiger partial charge in [-0.2, -0.15) is 9.61 Å². The molecule has 0 aliphatic carbocycles. The molecule has 2 aliphatic rings. The molecule has 2 fully saturated rings. The lowest BCUT2D eigenvalue weighted by Crippen LogP contribution is -2.56. The Kier molecular flexibility index (Phi) is 4.14. The molecule has 7 nitrogen and oxygen atoms in total. The number of aromatic nitrogens is 3. The maximum atomic E-state index is 12.9. The van der Waals surface area contributed by atoms with E-state index in [0.29, 0.717) is 6.54 Å². The summed E-state index contributed by atoms with van der Waals surface area (Å²) in [7, 11) is 3.64. The molecule has 0 saturated carbocycles. The van der Waals surface area contributed by atoms with Gasteiger partial charge < -0.3 is 14.5 Å². The van der Waals surface area contributed by atoms with Gasteiger partial charge in [0, 0.05) is 51.1 Å². The van der Waals surface area contributed by atoms with Crippen molar-refractivity contribution >= 4 is 17.4 Å². The van der Waals surface area contributed by atoms with E-state index in [2.05, 4.69) is 21.9 Å². The number of methoxy groups -OCH3 is 1. The van der Waals surface area contributed by atoms with Gasteiger partial charge in [0.2, 0.25) is 5.91 Å². The summed E-state index contributed by atoms with van der Waals surface area (Å²) in [6.07, 6.45) is 4.44. The Balaban J connectivity index is 1.62. The first kappa shape index (κ1) is 17.3. The van der Waals surface area contributed by atoms with Crippen LogP contribution in [0.15, 0.2) is 12.3 Å². The molecule has 0 aromatic carbocycles. The molecule has 2 aliphatic heterocycles. The smallest absolute Gasteiger partial charge is 0.228 e. The highest BCUT2D eigenvalue weighted by molar-refractivity contribution is 5.84. The minimum absolute atomic E-state index is 0.131.